The molecular formula is C29H34N4O5. The van der Waals surface area contributed by atoms with E-state index in [1.54, 1.807) is 12.1 Å². The molecule has 0 radical (unpaired) electrons. The summed E-state index contributed by atoms with van der Waals surface area (Å²) in [5, 5.41) is 3.21. The molecular weight excluding hydrogens is 484 g/mol. The van der Waals surface area contributed by atoms with Gasteiger partial charge in [0, 0.05) is 24.1 Å². The Balaban J connectivity index is 1.89. The van der Waals surface area contributed by atoms with Crippen molar-refractivity contribution in [2.24, 2.45) is 0 Å². The van der Waals surface area contributed by atoms with Crippen molar-refractivity contribution in [2.75, 3.05) is 26.2 Å². The monoisotopic (exact) mass is 518 g/mol. The molecule has 2 amide bonds. The second-order valence-electron chi connectivity index (χ2n) is 9.31. The van der Waals surface area contributed by atoms with Crippen LogP contribution in [0.4, 0.5) is 5.69 Å². The van der Waals surface area contributed by atoms with Crippen LogP contribution in [0.25, 0.3) is 0 Å². The van der Waals surface area contributed by atoms with Gasteiger partial charge in [-0.1, -0.05) is 37.0 Å². The van der Waals surface area contributed by atoms with Gasteiger partial charge in [-0.25, -0.2) is 4.98 Å². The highest BCUT2D eigenvalue weighted by atomic mass is 16.5. The first-order chi connectivity index (χ1) is 18.5. The Morgan fingerprint density at radius 1 is 0.947 bits per heavy atom. The smallest absolute Gasteiger partial charge is 0.279 e. The van der Waals surface area contributed by atoms with Gasteiger partial charge < -0.3 is 19.5 Å². The van der Waals surface area contributed by atoms with Crippen LogP contribution in [0.1, 0.15) is 59.8 Å². The number of hydrogen-bond acceptors (Lipinski definition) is 7. The summed E-state index contributed by atoms with van der Waals surface area (Å²) >= 11 is 0. The molecule has 1 aliphatic rings. The van der Waals surface area contributed by atoms with Gasteiger partial charge in [0.1, 0.15) is 11.7 Å². The maximum Gasteiger partial charge on any atom is 0.279 e. The summed E-state index contributed by atoms with van der Waals surface area (Å²) < 4.78 is 16.7. The Morgan fingerprint density at radius 2 is 1.61 bits per heavy atom. The molecule has 3 aromatic rings. The molecule has 1 unspecified atom stereocenters. The van der Waals surface area contributed by atoms with Crippen LogP contribution >= 0.6 is 0 Å². The highest BCUT2D eigenvalue weighted by molar-refractivity contribution is 6.09. The first kappa shape index (κ1) is 26.9. The highest BCUT2D eigenvalue weighted by Crippen LogP contribution is 2.42. The molecule has 1 atom stereocenters. The van der Waals surface area contributed by atoms with Crippen molar-refractivity contribution in [3.63, 3.8) is 0 Å². The van der Waals surface area contributed by atoms with Crippen molar-refractivity contribution >= 4 is 17.5 Å². The van der Waals surface area contributed by atoms with Gasteiger partial charge in [0.05, 0.1) is 27.5 Å². The van der Waals surface area contributed by atoms with Crippen LogP contribution in [-0.4, -0.2) is 49.2 Å². The Bertz CT molecular complexity index is 1220. The number of nitrogens with one attached hydrogen (secondary N) is 1. The van der Waals surface area contributed by atoms with Crippen LogP contribution < -0.4 is 24.4 Å². The predicted octanol–water partition coefficient (Wildman–Crippen LogP) is 4.65. The SMILES string of the molecule is COc1cc(C(C(=O)NC2CCCCC2)N(C(=O)c2cnccn2)c2ccc(C)cc2)cc(OC)c1OC. The van der Waals surface area contributed by atoms with Gasteiger partial charge >= 0.3 is 0 Å². The third-order valence-electron chi connectivity index (χ3n) is 6.77. The summed E-state index contributed by atoms with van der Waals surface area (Å²) in [6, 6.07) is 9.84. The largest absolute Gasteiger partial charge is 0.493 e. The van der Waals surface area contributed by atoms with E-state index in [0.717, 1.165) is 37.7 Å². The Morgan fingerprint density at radius 3 is 2.16 bits per heavy atom. The summed E-state index contributed by atoms with van der Waals surface area (Å²) in [6.45, 7) is 1.96. The molecule has 1 saturated carbocycles. The van der Waals surface area contributed by atoms with E-state index >= 15 is 0 Å². The molecule has 1 aliphatic carbocycles. The van der Waals surface area contributed by atoms with Crippen LogP contribution in [-0.2, 0) is 4.79 Å². The third kappa shape index (κ3) is 5.88. The average molecular weight is 519 g/mol. The standard InChI is InChI=1S/C29H34N4O5/c1-19-10-12-22(13-11-19)33(29(35)23-18-30-14-15-31-23)26(28(34)32-21-8-6-5-7-9-21)20-16-24(36-2)27(38-4)25(17-20)37-3/h10-18,21,26H,5-9H2,1-4H3,(H,32,34). The van der Waals surface area contributed by atoms with E-state index in [1.165, 1.54) is 44.8 Å². The summed E-state index contributed by atoms with van der Waals surface area (Å²) in [5.74, 6) is 0.400. The van der Waals surface area contributed by atoms with E-state index < -0.39 is 11.9 Å². The third-order valence-corrected chi connectivity index (χ3v) is 6.77. The number of anilines is 1. The Hall–Kier alpha value is -4.14. The molecule has 4 rings (SSSR count). The number of carbonyl (C=O) groups excluding carboxylic acids is 2. The molecule has 9 nitrogen and oxygen atoms in total. The lowest BCUT2D eigenvalue weighted by atomic mass is 9.94. The summed E-state index contributed by atoms with van der Waals surface area (Å²) in [6.07, 6.45) is 9.42. The number of carbonyl (C=O) groups is 2. The lowest BCUT2D eigenvalue weighted by molar-refractivity contribution is -0.123. The number of methoxy groups -OCH3 is 3. The van der Waals surface area contributed by atoms with Crippen LogP contribution in [0, 0.1) is 6.92 Å². The maximum absolute atomic E-state index is 14.1. The van der Waals surface area contributed by atoms with E-state index in [4.69, 9.17) is 14.2 Å². The first-order valence-electron chi connectivity index (χ1n) is 12.7. The molecule has 38 heavy (non-hydrogen) atoms. The van der Waals surface area contributed by atoms with Crippen LogP contribution in [0.5, 0.6) is 17.2 Å². The van der Waals surface area contributed by atoms with Crippen molar-refractivity contribution in [1.82, 2.24) is 15.3 Å². The van der Waals surface area contributed by atoms with Gasteiger partial charge in [0.2, 0.25) is 11.7 Å². The van der Waals surface area contributed by atoms with Gasteiger partial charge in [-0.05, 0) is 49.6 Å². The predicted molar refractivity (Wildman–Crippen MR) is 144 cm³/mol. The van der Waals surface area contributed by atoms with Gasteiger partial charge in [-0.3, -0.25) is 19.5 Å². The minimum atomic E-state index is -1.05. The van der Waals surface area contributed by atoms with Crippen molar-refractivity contribution < 1.29 is 23.8 Å². The van der Waals surface area contributed by atoms with Crippen LogP contribution in [0.15, 0.2) is 55.0 Å². The minimum Gasteiger partial charge on any atom is -0.493 e. The van der Waals surface area contributed by atoms with E-state index in [-0.39, 0.29) is 17.6 Å². The summed E-state index contributed by atoms with van der Waals surface area (Å²) in [5.41, 5.74) is 2.20. The summed E-state index contributed by atoms with van der Waals surface area (Å²) in [7, 11) is 4.55. The van der Waals surface area contributed by atoms with Gasteiger partial charge in [-0.2, -0.15) is 0 Å². The number of aromatic nitrogens is 2. The number of hydrogen-bond donors (Lipinski definition) is 1. The van der Waals surface area contributed by atoms with Crippen LogP contribution in [0.3, 0.4) is 0 Å². The molecule has 9 heteroatoms. The fourth-order valence-corrected chi connectivity index (χ4v) is 4.83. The molecule has 200 valence electrons. The zero-order valence-corrected chi connectivity index (χ0v) is 22.3. The van der Waals surface area contributed by atoms with E-state index in [0.29, 0.717) is 28.5 Å². The zero-order valence-electron chi connectivity index (χ0n) is 22.3. The van der Waals surface area contributed by atoms with E-state index in [9.17, 15) is 9.59 Å². The van der Waals surface area contributed by atoms with Crippen molar-refractivity contribution in [1.29, 1.82) is 0 Å². The zero-order chi connectivity index (χ0) is 27.1. The summed E-state index contributed by atoms with van der Waals surface area (Å²) in [4.78, 5) is 37.9. The Kier molecular flexibility index (Phi) is 8.78. The lowest BCUT2D eigenvalue weighted by Crippen LogP contribution is -2.47. The highest BCUT2D eigenvalue weighted by Gasteiger charge is 2.36. The topological polar surface area (TPSA) is 103 Å². The molecule has 1 heterocycles. The van der Waals surface area contributed by atoms with Crippen molar-refractivity contribution in [3.8, 4) is 17.2 Å². The second-order valence-corrected chi connectivity index (χ2v) is 9.31. The second kappa shape index (κ2) is 12.4. The van der Waals surface area contributed by atoms with Crippen molar-refractivity contribution in [2.45, 2.75) is 51.1 Å². The maximum atomic E-state index is 14.1. The Labute approximate surface area is 223 Å². The molecule has 0 saturated heterocycles. The van der Waals surface area contributed by atoms with Gasteiger partial charge in [0.15, 0.2) is 11.5 Å². The number of aryl methyl sites for hydroxylation is 1. The quantitative estimate of drug-likeness (QED) is 0.440. The fourth-order valence-electron chi connectivity index (χ4n) is 4.83. The van der Waals surface area contributed by atoms with E-state index in [2.05, 4.69) is 15.3 Å². The number of rotatable bonds is 9. The number of benzene rings is 2. The number of ether oxygens (including phenoxy) is 3. The molecule has 0 aliphatic heterocycles. The van der Waals surface area contributed by atoms with Crippen molar-refractivity contribution in [3.05, 3.63) is 71.8 Å². The lowest BCUT2D eigenvalue weighted by Gasteiger charge is -2.33. The molecule has 1 aromatic heterocycles. The molecule has 1 fully saturated rings. The number of nitrogens with zero attached hydrogens (tertiary/aromatic N) is 3. The number of amides is 2. The molecule has 0 bridgehead atoms. The average Bonchev–Trinajstić information content (AvgIpc) is 2.96. The molecule has 0 spiro atoms. The molecule has 2 aromatic carbocycles. The normalized spacial score (nSPS) is 14.3. The van der Waals surface area contributed by atoms with Crippen LogP contribution in [0.2, 0.25) is 0 Å². The van der Waals surface area contributed by atoms with Gasteiger partial charge in [0.25, 0.3) is 5.91 Å². The van der Waals surface area contributed by atoms with E-state index in [1.807, 2.05) is 31.2 Å². The molecule has 1 N–H and O–H groups in total. The first-order valence-corrected chi connectivity index (χ1v) is 12.7. The fraction of sp³-hybridized carbons (Fsp3) is 0.379. The minimum absolute atomic E-state index is 0.0345. The van der Waals surface area contributed by atoms with Gasteiger partial charge in [-0.15, -0.1) is 0 Å².